The fourth-order valence-corrected chi connectivity index (χ4v) is 1.51. The van der Waals surface area contributed by atoms with E-state index in [1.807, 2.05) is 6.07 Å². The first kappa shape index (κ1) is 11.7. The van der Waals surface area contributed by atoms with Crippen LogP contribution in [0.25, 0.3) is 0 Å². The summed E-state index contributed by atoms with van der Waals surface area (Å²) in [7, 11) is 0. The molecule has 1 rings (SSSR count). The SMILES string of the molecule is CC[C@@H](C)NCc1ccc(F)c(Br)c1. The highest BCUT2D eigenvalue weighted by atomic mass is 79.9. The molecule has 1 N–H and O–H groups in total. The van der Waals surface area contributed by atoms with Gasteiger partial charge in [0.2, 0.25) is 0 Å². The Balaban J connectivity index is 2.55. The van der Waals surface area contributed by atoms with Crippen molar-refractivity contribution in [2.75, 3.05) is 0 Å². The van der Waals surface area contributed by atoms with Crippen molar-refractivity contribution in [3.05, 3.63) is 34.1 Å². The highest BCUT2D eigenvalue weighted by Gasteiger charge is 2.01. The summed E-state index contributed by atoms with van der Waals surface area (Å²) >= 11 is 3.17. The first-order chi connectivity index (χ1) is 6.63. The molecule has 1 aromatic rings. The normalized spacial score (nSPS) is 12.9. The third kappa shape index (κ3) is 3.39. The van der Waals surface area contributed by atoms with Crippen LogP contribution in [0.3, 0.4) is 0 Å². The first-order valence-electron chi connectivity index (χ1n) is 4.80. The van der Waals surface area contributed by atoms with Gasteiger partial charge in [-0.3, -0.25) is 0 Å². The molecule has 0 unspecified atom stereocenters. The molecule has 0 aliphatic heterocycles. The quantitative estimate of drug-likeness (QED) is 0.873. The number of hydrogen-bond acceptors (Lipinski definition) is 1. The van der Waals surface area contributed by atoms with E-state index < -0.39 is 0 Å². The lowest BCUT2D eigenvalue weighted by atomic mass is 10.2. The zero-order valence-electron chi connectivity index (χ0n) is 8.48. The number of rotatable bonds is 4. The average molecular weight is 260 g/mol. The molecule has 0 bridgehead atoms. The molecule has 0 fully saturated rings. The fraction of sp³-hybridized carbons (Fsp3) is 0.455. The molecule has 0 saturated heterocycles. The Kier molecular flexibility index (Phi) is 4.55. The van der Waals surface area contributed by atoms with Crippen LogP contribution in [0, 0.1) is 5.82 Å². The molecule has 0 saturated carbocycles. The van der Waals surface area contributed by atoms with Crippen molar-refractivity contribution in [2.45, 2.75) is 32.9 Å². The van der Waals surface area contributed by atoms with Crippen molar-refractivity contribution < 1.29 is 4.39 Å². The van der Waals surface area contributed by atoms with Crippen LogP contribution >= 0.6 is 15.9 Å². The minimum absolute atomic E-state index is 0.211. The maximum absolute atomic E-state index is 12.9. The average Bonchev–Trinajstić information content (AvgIpc) is 2.19. The molecule has 0 aliphatic carbocycles. The van der Waals surface area contributed by atoms with E-state index in [9.17, 15) is 4.39 Å². The largest absolute Gasteiger partial charge is 0.310 e. The van der Waals surface area contributed by atoms with E-state index in [4.69, 9.17) is 0 Å². The van der Waals surface area contributed by atoms with Gasteiger partial charge in [-0.15, -0.1) is 0 Å². The molecule has 1 nitrogen and oxygen atoms in total. The van der Waals surface area contributed by atoms with Gasteiger partial charge in [-0.25, -0.2) is 4.39 Å². The Labute approximate surface area is 92.8 Å². The minimum atomic E-state index is -0.211. The molecule has 0 radical (unpaired) electrons. The maximum Gasteiger partial charge on any atom is 0.137 e. The second kappa shape index (κ2) is 5.47. The molecule has 0 spiro atoms. The van der Waals surface area contributed by atoms with Crippen LogP contribution in [0.2, 0.25) is 0 Å². The van der Waals surface area contributed by atoms with Crippen molar-refractivity contribution in [1.29, 1.82) is 0 Å². The van der Waals surface area contributed by atoms with E-state index in [2.05, 4.69) is 35.1 Å². The van der Waals surface area contributed by atoms with E-state index in [0.29, 0.717) is 10.5 Å². The molecule has 0 amide bonds. The molecular formula is C11H15BrFN. The topological polar surface area (TPSA) is 12.0 Å². The molecular weight excluding hydrogens is 245 g/mol. The highest BCUT2D eigenvalue weighted by Crippen LogP contribution is 2.16. The Morgan fingerprint density at radius 3 is 2.79 bits per heavy atom. The van der Waals surface area contributed by atoms with Gasteiger partial charge in [0, 0.05) is 12.6 Å². The standard InChI is InChI=1S/C11H15BrFN/c1-3-8(2)14-7-9-4-5-11(13)10(12)6-9/h4-6,8,14H,3,7H2,1-2H3/t8-/m1/s1. The van der Waals surface area contributed by atoms with Crippen molar-refractivity contribution in [3.8, 4) is 0 Å². The molecule has 1 aromatic carbocycles. The van der Waals surface area contributed by atoms with Crippen LogP contribution in [-0.4, -0.2) is 6.04 Å². The number of nitrogens with one attached hydrogen (secondary N) is 1. The summed E-state index contributed by atoms with van der Waals surface area (Å²) in [6, 6.07) is 5.59. The predicted octanol–water partition coefficient (Wildman–Crippen LogP) is 3.48. The summed E-state index contributed by atoms with van der Waals surface area (Å²) in [5.74, 6) is -0.211. The second-order valence-electron chi connectivity index (χ2n) is 3.44. The van der Waals surface area contributed by atoms with Gasteiger partial charge in [0.05, 0.1) is 4.47 Å². The Bertz CT molecular complexity index is 301. The van der Waals surface area contributed by atoms with Crippen LogP contribution in [0.1, 0.15) is 25.8 Å². The van der Waals surface area contributed by atoms with Crippen molar-refractivity contribution in [2.24, 2.45) is 0 Å². The van der Waals surface area contributed by atoms with Crippen LogP contribution in [0.4, 0.5) is 4.39 Å². The van der Waals surface area contributed by atoms with Gasteiger partial charge in [0.25, 0.3) is 0 Å². The lowest BCUT2D eigenvalue weighted by molar-refractivity contribution is 0.533. The lowest BCUT2D eigenvalue weighted by Gasteiger charge is -2.11. The molecule has 1 atom stereocenters. The molecule has 0 aromatic heterocycles. The van der Waals surface area contributed by atoms with Crippen LogP contribution in [0.5, 0.6) is 0 Å². The van der Waals surface area contributed by atoms with Gasteiger partial charge >= 0.3 is 0 Å². The Hall–Kier alpha value is -0.410. The van der Waals surface area contributed by atoms with E-state index >= 15 is 0 Å². The highest BCUT2D eigenvalue weighted by molar-refractivity contribution is 9.10. The molecule has 78 valence electrons. The maximum atomic E-state index is 12.9. The summed E-state index contributed by atoms with van der Waals surface area (Å²) in [5.41, 5.74) is 1.10. The van der Waals surface area contributed by atoms with Gasteiger partial charge in [-0.05, 0) is 47.0 Å². The monoisotopic (exact) mass is 259 g/mol. The first-order valence-corrected chi connectivity index (χ1v) is 5.60. The summed E-state index contributed by atoms with van der Waals surface area (Å²) in [4.78, 5) is 0. The second-order valence-corrected chi connectivity index (χ2v) is 4.29. The molecule has 0 heterocycles. The van der Waals surface area contributed by atoms with E-state index in [1.165, 1.54) is 6.07 Å². The van der Waals surface area contributed by atoms with Crippen LogP contribution in [-0.2, 0) is 6.54 Å². The molecule has 0 aliphatic rings. The lowest BCUT2D eigenvalue weighted by Crippen LogP contribution is -2.24. The van der Waals surface area contributed by atoms with Gasteiger partial charge in [-0.1, -0.05) is 13.0 Å². The number of hydrogen-bond donors (Lipinski definition) is 1. The smallest absolute Gasteiger partial charge is 0.137 e. The number of benzene rings is 1. The van der Waals surface area contributed by atoms with Crippen molar-refractivity contribution in [3.63, 3.8) is 0 Å². The van der Waals surface area contributed by atoms with Gasteiger partial charge in [0.15, 0.2) is 0 Å². The van der Waals surface area contributed by atoms with Gasteiger partial charge in [-0.2, -0.15) is 0 Å². The molecule has 3 heteroatoms. The Morgan fingerprint density at radius 2 is 2.21 bits per heavy atom. The fourth-order valence-electron chi connectivity index (χ4n) is 1.09. The predicted molar refractivity (Wildman–Crippen MR) is 60.7 cm³/mol. The zero-order valence-corrected chi connectivity index (χ0v) is 10.1. The molecule has 14 heavy (non-hydrogen) atoms. The third-order valence-corrected chi connectivity index (χ3v) is 2.86. The minimum Gasteiger partial charge on any atom is -0.310 e. The zero-order chi connectivity index (χ0) is 10.6. The third-order valence-electron chi connectivity index (χ3n) is 2.25. The summed E-state index contributed by atoms with van der Waals surface area (Å²) in [6.45, 7) is 5.06. The summed E-state index contributed by atoms with van der Waals surface area (Å²) in [6.07, 6.45) is 1.10. The Morgan fingerprint density at radius 1 is 1.50 bits per heavy atom. The van der Waals surface area contributed by atoms with Gasteiger partial charge < -0.3 is 5.32 Å². The van der Waals surface area contributed by atoms with E-state index in [-0.39, 0.29) is 5.82 Å². The van der Waals surface area contributed by atoms with Gasteiger partial charge in [0.1, 0.15) is 5.82 Å². The van der Waals surface area contributed by atoms with Crippen molar-refractivity contribution in [1.82, 2.24) is 5.32 Å². The summed E-state index contributed by atoms with van der Waals surface area (Å²) in [5, 5.41) is 3.35. The van der Waals surface area contributed by atoms with E-state index in [1.54, 1.807) is 6.07 Å². The summed E-state index contributed by atoms with van der Waals surface area (Å²) < 4.78 is 13.4. The van der Waals surface area contributed by atoms with Crippen LogP contribution < -0.4 is 5.32 Å². The van der Waals surface area contributed by atoms with Crippen LogP contribution in [0.15, 0.2) is 22.7 Å². The number of halogens is 2. The van der Waals surface area contributed by atoms with E-state index in [0.717, 1.165) is 18.5 Å². The van der Waals surface area contributed by atoms with Crippen molar-refractivity contribution >= 4 is 15.9 Å².